The Morgan fingerprint density at radius 2 is 2.05 bits per heavy atom. The van der Waals surface area contributed by atoms with Crippen LogP contribution in [0.2, 0.25) is 0 Å². The third-order valence-corrected chi connectivity index (χ3v) is 5.19. The molecule has 0 fully saturated rings. The number of benzene rings is 1. The van der Waals surface area contributed by atoms with Gasteiger partial charge in [-0.2, -0.15) is 0 Å². The maximum atomic E-state index is 11.7. The second kappa shape index (κ2) is 6.58. The van der Waals surface area contributed by atoms with Gasteiger partial charge in [0.15, 0.2) is 0 Å². The molecular formula is C17H15BrN2OS. The van der Waals surface area contributed by atoms with Crippen molar-refractivity contribution in [2.75, 3.05) is 0 Å². The normalized spacial score (nSPS) is 14.5. The van der Waals surface area contributed by atoms with Gasteiger partial charge in [-0.25, -0.2) is 4.99 Å². The first-order valence-corrected chi connectivity index (χ1v) is 8.67. The van der Waals surface area contributed by atoms with Crippen LogP contribution in [0.4, 0.5) is 5.00 Å². The van der Waals surface area contributed by atoms with Crippen molar-refractivity contribution in [3.05, 3.63) is 56.4 Å². The van der Waals surface area contributed by atoms with E-state index >= 15 is 0 Å². The van der Waals surface area contributed by atoms with Gasteiger partial charge in [0, 0.05) is 15.6 Å². The number of hydrogen-bond acceptors (Lipinski definition) is 3. The second-order valence-corrected chi connectivity index (χ2v) is 7.10. The van der Waals surface area contributed by atoms with E-state index in [2.05, 4.69) is 20.9 Å². The van der Waals surface area contributed by atoms with Gasteiger partial charge >= 0.3 is 0 Å². The lowest BCUT2D eigenvalue weighted by Gasteiger charge is -1.98. The summed E-state index contributed by atoms with van der Waals surface area (Å²) in [6, 6.07) is 9.98. The topological polar surface area (TPSA) is 55.5 Å². The highest BCUT2D eigenvalue weighted by molar-refractivity contribution is 9.12. The Hall–Kier alpha value is -1.72. The first-order valence-electron chi connectivity index (χ1n) is 7.06. The first kappa shape index (κ1) is 15.2. The standard InChI is InChI=1S/C17H15BrN2OS/c18-12(9-11-5-2-1-3-6-11)10-20-17-15(16(19)21)13-7-4-8-14(13)22-17/h1-3,5-6,9-10H,4,7-8H2,(H2,19,21)/b12-9-,20-10+. The molecule has 1 aromatic heterocycles. The number of hydrogen-bond donors (Lipinski definition) is 1. The molecule has 112 valence electrons. The van der Waals surface area contributed by atoms with Gasteiger partial charge in [-0.3, -0.25) is 4.79 Å². The number of amides is 1. The SMILES string of the molecule is NC(=O)c1c(/N=C/C(Br)=C/c2ccccc2)sc2c1CCC2. The Balaban J connectivity index is 1.87. The maximum Gasteiger partial charge on any atom is 0.252 e. The molecule has 3 nitrogen and oxygen atoms in total. The summed E-state index contributed by atoms with van der Waals surface area (Å²) >= 11 is 5.07. The zero-order valence-electron chi connectivity index (χ0n) is 11.9. The van der Waals surface area contributed by atoms with Crippen LogP contribution in [0, 0.1) is 0 Å². The van der Waals surface area contributed by atoms with E-state index in [1.165, 1.54) is 4.88 Å². The number of primary amides is 1. The molecule has 22 heavy (non-hydrogen) atoms. The fourth-order valence-electron chi connectivity index (χ4n) is 2.60. The van der Waals surface area contributed by atoms with E-state index in [0.29, 0.717) is 5.56 Å². The number of aliphatic imine (C=N–C) groups is 1. The number of fused-ring (bicyclic) bond motifs is 1. The number of carbonyl (C=O) groups is 1. The number of carbonyl (C=O) groups excluding carboxylic acids is 1. The molecule has 5 heteroatoms. The van der Waals surface area contributed by atoms with Crippen LogP contribution in [-0.4, -0.2) is 12.1 Å². The monoisotopic (exact) mass is 374 g/mol. The van der Waals surface area contributed by atoms with Gasteiger partial charge in [0.2, 0.25) is 0 Å². The first-order chi connectivity index (χ1) is 10.6. The van der Waals surface area contributed by atoms with Crippen LogP contribution >= 0.6 is 27.3 Å². The highest BCUT2D eigenvalue weighted by Gasteiger charge is 2.24. The minimum atomic E-state index is -0.380. The Bertz CT molecular complexity index is 762. The molecule has 1 aliphatic rings. The van der Waals surface area contributed by atoms with Gasteiger partial charge in [0.05, 0.1) is 5.56 Å². The van der Waals surface area contributed by atoms with Crippen LogP contribution in [0.3, 0.4) is 0 Å². The van der Waals surface area contributed by atoms with Gasteiger partial charge in [-0.15, -0.1) is 11.3 Å². The molecule has 0 aliphatic heterocycles. The van der Waals surface area contributed by atoms with Gasteiger partial charge in [0.1, 0.15) is 5.00 Å². The van der Waals surface area contributed by atoms with Gasteiger partial charge in [0.25, 0.3) is 5.91 Å². The van der Waals surface area contributed by atoms with E-state index in [-0.39, 0.29) is 5.91 Å². The van der Waals surface area contributed by atoms with Crippen molar-refractivity contribution in [3.8, 4) is 0 Å². The van der Waals surface area contributed by atoms with Crippen LogP contribution < -0.4 is 5.73 Å². The third-order valence-electron chi connectivity index (χ3n) is 3.56. The molecule has 3 rings (SSSR count). The van der Waals surface area contributed by atoms with Crippen molar-refractivity contribution in [3.63, 3.8) is 0 Å². The molecule has 0 radical (unpaired) electrons. The smallest absolute Gasteiger partial charge is 0.252 e. The van der Waals surface area contributed by atoms with Gasteiger partial charge in [-0.1, -0.05) is 30.3 Å². The molecule has 1 amide bonds. The lowest BCUT2D eigenvalue weighted by molar-refractivity contribution is 0.100. The molecule has 0 saturated heterocycles. The number of thiophene rings is 1. The lowest BCUT2D eigenvalue weighted by Crippen LogP contribution is -2.12. The van der Waals surface area contributed by atoms with Crippen molar-refractivity contribution >= 4 is 50.5 Å². The summed E-state index contributed by atoms with van der Waals surface area (Å²) in [5.41, 5.74) is 8.33. The number of allylic oxidation sites excluding steroid dienone is 1. The largest absolute Gasteiger partial charge is 0.365 e. The summed E-state index contributed by atoms with van der Waals surface area (Å²) < 4.78 is 0.850. The highest BCUT2D eigenvalue weighted by atomic mass is 79.9. The summed E-state index contributed by atoms with van der Waals surface area (Å²) in [4.78, 5) is 17.4. The molecule has 0 bridgehead atoms. The zero-order chi connectivity index (χ0) is 15.5. The van der Waals surface area contributed by atoms with Crippen LogP contribution in [0.25, 0.3) is 6.08 Å². The minimum Gasteiger partial charge on any atom is -0.365 e. The summed E-state index contributed by atoms with van der Waals surface area (Å²) in [6.45, 7) is 0. The predicted octanol–water partition coefficient (Wildman–Crippen LogP) is 4.47. The van der Waals surface area contributed by atoms with Gasteiger partial charge < -0.3 is 5.73 Å². The maximum absolute atomic E-state index is 11.7. The Labute approximate surface area is 141 Å². The fraction of sp³-hybridized carbons (Fsp3) is 0.176. The average molecular weight is 375 g/mol. The Morgan fingerprint density at radius 1 is 1.27 bits per heavy atom. The summed E-state index contributed by atoms with van der Waals surface area (Å²) in [7, 11) is 0. The molecular weight excluding hydrogens is 360 g/mol. The van der Waals surface area contributed by atoms with Crippen molar-refractivity contribution in [2.24, 2.45) is 10.7 Å². The molecule has 2 aromatic rings. The quantitative estimate of drug-likeness (QED) is 0.788. The molecule has 2 N–H and O–H groups in total. The number of nitrogens with two attached hydrogens (primary N) is 1. The van der Waals surface area contributed by atoms with E-state index < -0.39 is 0 Å². The van der Waals surface area contributed by atoms with E-state index in [9.17, 15) is 4.79 Å². The van der Waals surface area contributed by atoms with Crippen molar-refractivity contribution in [2.45, 2.75) is 19.3 Å². The molecule has 0 spiro atoms. The van der Waals surface area contributed by atoms with Gasteiger partial charge in [-0.05, 0) is 52.4 Å². The van der Waals surface area contributed by atoms with Crippen LogP contribution in [0.1, 0.15) is 32.8 Å². The molecule has 0 atom stereocenters. The fourth-order valence-corrected chi connectivity index (χ4v) is 4.21. The number of rotatable bonds is 4. The summed E-state index contributed by atoms with van der Waals surface area (Å²) in [6.07, 6.45) is 6.76. The minimum absolute atomic E-state index is 0.380. The Kier molecular flexibility index (Phi) is 4.55. The number of aryl methyl sites for hydroxylation is 1. The number of halogens is 1. The lowest BCUT2D eigenvalue weighted by atomic mass is 10.1. The molecule has 1 heterocycles. The summed E-state index contributed by atoms with van der Waals surface area (Å²) in [5.74, 6) is -0.380. The highest BCUT2D eigenvalue weighted by Crippen LogP contribution is 2.40. The molecule has 0 unspecified atom stereocenters. The van der Waals surface area contributed by atoms with E-state index in [0.717, 1.165) is 39.9 Å². The van der Waals surface area contributed by atoms with Crippen molar-refractivity contribution in [1.82, 2.24) is 0 Å². The molecule has 1 aliphatic carbocycles. The number of nitrogens with zero attached hydrogens (tertiary/aromatic N) is 1. The molecule has 1 aromatic carbocycles. The van der Waals surface area contributed by atoms with E-state index in [1.54, 1.807) is 17.6 Å². The van der Waals surface area contributed by atoms with E-state index in [4.69, 9.17) is 5.73 Å². The second-order valence-electron chi connectivity index (χ2n) is 5.10. The summed E-state index contributed by atoms with van der Waals surface area (Å²) in [5, 5.41) is 0.718. The van der Waals surface area contributed by atoms with Crippen molar-refractivity contribution in [1.29, 1.82) is 0 Å². The van der Waals surface area contributed by atoms with E-state index in [1.807, 2.05) is 36.4 Å². The average Bonchev–Trinajstić information content (AvgIpc) is 3.05. The third kappa shape index (κ3) is 3.20. The van der Waals surface area contributed by atoms with Crippen LogP contribution in [-0.2, 0) is 12.8 Å². The zero-order valence-corrected chi connectivity index (χ0v) is 14.3. The van der Waals surface area contributed by atoms with Crippen molar-refractivity contribution < 1.29 is 4.79 Å². The molecule has 0 saturated carbocycles. The van der Waals surface area contributed by atoms with Crippen LogP contribution in [0.5, 0.6) is 0 Å². The predicted molar refractivity (Wildman–Crippen MR) is 96.4 cm³/mol. The Morgan fingerprint density at radius 3 is 2.77 bits per heavy atom. The van der Waals surface area contributed by atoms with Crippen LogP contribution in [0.15, 0.2) is 39.8 Å².